The second kappa shape index (κ2) is 5.89. The molecule has 1 aliphatic heterocycles. The lowest BCUT2D eigenvalue weighted by molar-refractivity contribution is -0.142. The van der Waals surface area contributed by atoms with Gasteiger partial charge in [0.1, 0.15) is 0 Å². The summed E-state index contributed by atoms with van der Waals surface area (Å²) in [4.78, 5) is 17.8. The first-order chi connectivity index (χ1) is 12.3. The molecule has 26 heavy (non-hydrogen) atoms. The Hall–Kier alpha value is -2.77. The van der Waals surface area contributed by atoms with Gasteiger partial charge < -0.3 is 14.4 Å². The molecule has 2 aromatic heterocycles. The van der Waals surface area contributed by atoms with Crippen molar-refractivity contribution in [1.82, 2.24) is 9.38 Å². The number of piperidine rings is 1. The maximum absolute atomic E-state index is 13.0. The number of nitrogens with zero attached hydrogens (tertiary/aromatic N) is 3. The fourth-order valence-electron chi connectivity index (χ4n) is 3.54. The zero-order chi connectivity index (χ0) is 18.5. The highest BCUT2D eigenvalue weighted by atomic mass is 19.4. The van der Waals surface area contributed by atoms with Crippen LogP contribution in [0.3, 0.4) is 0 Å². The quantitative estimate of drug-likeness (QED) is 0.752. The van der Waals surface area contributed by atoms with Gasteiger partial charge in [-0.05, 0) is 43.2 Å². The van der Waals surface area contributed by atoms with Crippen molar-refractivity contribution in [2.24, 2.45) is 5.92 Å². The number of anilines is 1. The first-order valence-electron chi connectivity index (χ1n) is 8.30. The van der Waals surface area contributed by atoms with Gasteiger partial charge in [-0.1, -0.05) is 0 Å². The number of benzene rings is 1. The normalized spacial score (nSPS) is 18.6. The van der Waals surface area contributed by atoms with Crippen LogP contribution in [0, 0.1) is 5.92 Å². The van der Waals surface area contributed by atoms with Crippen LogP contribution in [0.25, 0.3) is 16.6 Å². The summed E-state index contributed by atoms with van der Waals surface area (Å²) in [6.07, 6.45) is -1.38. The molecule has 3 aromatic rings. The Kier molecular flexibility index (Phi) is 3.78. The Morgan fingerprint density at radius 1 is 1.23 bits per heavy atom. The highest BCUT2D eigenvalue weighted by Crippen LogP contribution is 2.33. The molecular weight excluding hydrogens is 347 g/mol. The van der Waals surface area contributed by atoms with Crippen molar-refractivity contribution in [2.75, 3.05) is 18.0 Å². The number of aromatic nitrogens is 2. The van der Waals surface area contributed by atoms with Crippen LogP contribution < -0.4 is 4.90 Å². The van der Waals surface area contributed by atoms with Crippen LogP contribution in [-0.4, -0.2) is 33.6 Å². The van der Waals surface area contributed by atoms with Gasteiger partial charge in [0.2, 0.25) is 0 Å². The van der Waals surface area contributed by atoms with E-state index < -0.39 is 23.6 Å². The average molecular weight is 363 g/mol. The SMILES string of the molecule is O=C(O)C1CCCN(c2nc3ccc(C(F)(F)F)cc3n3cccc23)C1. The Morgan fingerprint density at radius 2 is 2.04 bits per heavy atom. The number of alkyl halides is 3. The molecule has 1 aromatic carbocycles. The lowest BCUT2D eigenvalue weighted by Gasteiger charge is -2.32. The highest BCUT2D eigenvalue weighted by Gasteiger charge is 2.31. The molecule has 1 N–H and O–H groups in total. The molecule has 0 amide bonds. The highest BCUT2D eigenvalue weighted by molar-refractivity contribution is 5.86. The zero-order valence-electron chi connectivity index (χ0n) is 13.7. The van der Waals surface area contributed by atoms with E-state index in [0.717, 1.165) is 18.6 Å². The lowest BCUT2D eigenvalue weighted by atomic mass is 9.98. The molecule has 0 saturated carbocycles. The van der Waals surface area contributed by atoms with Gasteiger partial charge in [-0.15, -0.1) is 0 Å². The van der Waals surface area contributed by atoms with Crippen molar-refractivity contribution in [3.8, 4) is 0 Å². The molecule has 1 unspecified atom stereocenters. The van der Waals surface area contributed by atoms with Crippen molar-refractivity contribution >= 4 is 28.3 Å². The fraction of sp³-hybridized carbons (Fsp3) is 0.333. The monoisotopic (exact) mass is 363 g/mol. The van der Waals surface area contributed by atoms with Gasteiger partial charge in [-0.3, -0.25) is 4.79 Å². The number of carbonyl (C=O) groups is 1. The number of halogens is 3. The van der Waals surface area contributed by atoms with E-state index in [-0.39, 0.29) is 0 Å². The molecule has 1 atom stereocenters. The molecule has 3 heterocycles. The van der Waals surface area contributed by atoms with Gasteiger partial charge in [-0.25, -0.2) is 4.98 Å². The van der Waals surface area contributed by atoms with E-state index in [4.69, 9.17) is 0 Å². The van der Waals surface area contributed by atoms with Crippen LogP contribution in [0.1, 0.15) is 18.4 Å². The second-order valence-corrected chi connectivity index (χ2v) is 6.52. The van der Waals surface area contributed by atoms with E-state index in [1.807, 2.05) is 4.90 Å². The summed E-state index contributed by atoms with van der Waals surface area (Å²) in [7, 11) is 0. The van der Waals surface area contributed by atoms with Crippen molar-refractivity contribution in [1.29, 1.82) is 0 Å². The largest absolute Gasteiger partial charge is 0.481 e. The van der Waals surface area contributed by atoms with Crippen LogP contribution in [0.2, 0.25) is 0 Å². The predicted molar refractivity (Wildman–Crippen MR) is 90.3 cm³/mol. The van der Waals surface area contributed by atoms with E-state index in [9.17, 15) is 23.1 Å². The molecule has 4 rings (SSSR count). The first-order valence-corrected chi connectivity index (χ1v) is 8.30. The number of hydrogen-bond donors (Lipinski definition) is 1. The molecule has 0 spiro atoms. The summed E-state index contributed by atoms with van der Waals surface area (Å²) >= 11 is 0. The summed E-state index contributed by atoms with van der Waals surface area (Å²) < 4.78 is 40.8. The molecule has 5 nitrogen and oxygen atoms in total. The van der Waals surface area contributed by atoms with Gasteiger partial charge in [0.05, 0.1) is 28.0 Å². The van der Waals surface area contributed by atoms with Gasteiger partial charge in [-0.2, -0.15) is 13.2 Å². The Labute approximate surface area is 146 Å². The minimum absolute atomic E-state index is 0.343. The van der Waals surface area contributed by atoms with Crippen molar-refractivity contribution in [3.63, 3.8) is 0 Å². The number of aliphatic carboxylic acids is 1. The molecule has 1 aliphatic rings. The standard InChI is InChI=1S/C18H16F3N3O2/c19-18(20,21)12-5-6-13-15(9-12)24-8-2-4-14(24)16(22-13)23-7-1-3-11(10-23)17(25)26/h2,4-6,8-9,11H,1,3,7,10H2,(H,25,26). The van der Waals surface area contributed by atoms with E-state index in [0.29, 0.717) is 41.9 Å². The first kappa shape index (κ1) is 16.7. The molecule has 0 bridgehead atoms. The number of carboxylic acid groups (broad SMARTS) is 1. The Bertz CT molecular complexity index is 996. The van der Waals surface area contributed by atoms with E-state index in [2.05, 4.69) is 4.98 Å². The smallest absolute Gasteiger partial charge is 0.416 e. The van der Waals surface area contributed by atoms with Gasteiger partial charge in [0, 0.05) is 19.3 Å². The van der Waals surface area contributed by atoms with Gasteiger partial charge in [0.15, 0.2) is 5.82 Å². The van der Waals surface area contributed by atoms with Gasteiger partial charge >= 0.3 is 12.1 Å². The summed E-state index contributed by atoms with van der Waals surface area (Å²) in [6, 6.07) is 7.01. The Balaban J connectivity index is 1.86. The summed E-state index contributed by atoms with van der Waals surface area (Å²) in [5.74, 6) is -0.700. The van der Waals surface area contributed by atoms with E-state index >= 15 is 0 Å². The molecule has 0 radical (unpaired) electrons. The molecule has 1 fully saturated rings. The average Bonchev–Trinajstić information content (AvgIpc) is 3.10. The minimum Gasteiger partial charge on any atom is -0.481 e. The van der Waals surface area contributed by atoms with Crippen molar-refractivity contribution < 1.29 is 23.1 Å². The fourth-order valence-corrected chi connectivity index (χ4v) is 3.54. The second-order valence-electron chi connectivity index (χ2n) is 6.52. The number of fused-ring (bicyclic) bond motifs is 3. The maximum atomic E-state index is 13.0. The molecular formula is C18H16F3N3O2. The van der Waals surface area contributed by atoms with Crippen LogP contribution in [-0.2, 0) is 11.0 Å². The zero-order valence-corrected chi connectivity index (χ0v) is 13.7. The van der Waals surface area contributed by atoms with Crippen LogP contribution in [0.5, 0.6) is 0 Å². The predicted octanol–water partition coefficient (Wildman–Crippen LogP) is 3.81. The molecule has 1 saturated heterocycles. The summed E-state index contributed by atoms with van der Waals surface area (Å²) in [5.41, 5.74) is 0.755. The minimum atomic E-state index is -4.42. The van der Waals surface area contributed by atoms with E-state index in [1.165, 1.54) is 6.07 Å². The van der Waals surface area contributed by atoms with Crippen LogP contribution >= 0.6 is 0 Å². The number of hydrogen-bond acceptors (Lipinski definition) is 3. The summed E-state index contributed by atoms with van der Waals surface area (Å²) in [6.45, 7) is 1.01. The third kappa shape index (κ3) is 2.75. The molecule has 8 heteroatoms. The lowest BCUT2D eigenvalue weighted by Crippen LogP contribution is -2.39. The third-order valence-corrected chi connectivity index (χ3v) is 4.84. The van der Waals surface area contributed by atoms with Crippen LogP contribution in [0.4, 0.5) is 19.0 Å². The summed E-state index contributed by atoms with van der Waals surface area (Å²) in [5, 5.41) is 9.30. The van der Waals surface area contributed by atoms with Crippen molar-refractivity contribution in [3.05, 3.63) is 42.1 Å². The molecule has 0 aliphatic carbocycles. The maximum Gasteiger partial charge on any atom is 0.416 e. The van der Waals surface area contributed by atoms with Gasteiger partial charge in [0.25, 0.3) is 0 Å². The third-order valence-electron chi connectivity index (χ3n) is 4.84. The number of rotatable bonds is 2. The van der Waals surface area contributed by atoms with Crippen LogP contribution in [0.15, 0.2) is 36.5 Å². The topological polar surface area (TPSA) is 57.8 Å². The molecule has 136 valence electrons. The Morgan fingerprint density at radius 3 is 2.77 bits per heavy atom. The van der Waals surface area contributed by atoms with E-state index in [1.54, 1.807) is 22.7 Å². The van der Waals surface area contributed by atoms with Crippen molar-refractivity contribution in [2.45, 2.75) is 19.0 Å². The number of carboxylic acids is 1.